The van der Waals surface area contributed by atoms with Crippen LogP contribution in [0.15, 0.2) is 71.4 Å². The van der Waals surface area contributed by atoms with Gasteiger partial charge in [-0.05, 0) is 42.7 Å². The summed E-state index contributed by atoms with van der Waals surface area (Å²) in [6, 6.07) is 13.1. The SMILES string of the molecule is CC(/C=C1\SC(=S)N(CCCC(=O)NNC(=O)c2cccnc2)C1=O)=C\c1ccccc1. The van der Waals surface area contributed by atoms with Gasteiger partial charge in [0, 0.05) is 25.4 Å². The highest BCUT2D eigenvalue weighted by atomic mass is 32.2. The topological polar surface area (TPSA) is 91.4 Å². The Hall–Kier alpha value is -3.30. The quantitative estimate of drug-likeness (QED) is 0.369. The number of thiocarbonyl (C=S) groups is 1. The minimum atomic E-state index is -0.451. The van der Waals surface area contributed by atoms with E-state index in [-0.39, 0.29) is 18.2 Å². The highest BCUT2D eigenvalue weighted by Gasteiger charge is 2.31. The maximum Gasteiger partial charge on any atom is 0.271 e. The van der Waals surface area contributed by atoms with Crippen LogP contribution in [-0.2, 0) is 9.59 Å². The summed E-state index contributed by atoms with van der Waals surface area (Å²) in [5, 5.41) is 0. The van der Waals surface area contributed by atoms with Gasteiger partial charge in [-0.2, -0.15) is 0 Å². The minimum absolute atomic E-state index is 0.135. The first-order valence-corrected chi connectivity index (χ1v) is 11.1. The molecule has 9 heteroatoms. The fourth-order valence-electron chi connectivity index (χ4n) is 2.91. The van der Waals surface area contributed by atoms with Crippen LogP contribution in [0.25, 0.3) is 6.08 Å². The normalized spacial score (nSPS) is 15.2. The molecule has 3 rings (SSSR count). The van der Waals surface area contributed by atoms with E-state index in [1.165, 1.54) is 22.9 Å². The third-order valence-electron chi connectivity index (χ3n) is 4.45. The molecule has 3 amide bonds. The van der Waals surface area contributed by atoms with E-state index in [2.05, 4.69) is 15.8 Å². The first-order valence-electron chi connectivity index (χ1n) is 9.92. The standard InChI is InChI=1S/C23H22N4O3S2/c1-16(13-17-7-3-2-4-8-17)14-19-22(30)27(23(31)32-19)12-6-10-20(28)25-26-21(29)18-9-5-11-24-15-18/h2-5,7-9,11,13-15H,6,10,12H2,1H3,(H,25,28)(H,26,29)/b16-13+,19-14-. The van der Waals surface area contributed by atoms with E-state index < -0.39 is 5.91 Å². The number of nitrogens with zero attached hydrogens (tertiary/aromatic N) is 2. The number of hydrogen-bond acceptors (Lipinski definition) is 6. The van der Waals surface area contributed by atoms with Crippen molar-refractivity contribution in [1.29, 1.82) is 0 Å². The van der Waals surface area contributed by atoms with E-state index >= 15 is 0 Å². The van der Waals surface area contributed by atoms with Gasteiger partial charge in [0.15, 0.2) is 0 Å². The molecular formula is C23H22N4O3S2. The zero-order chi connectivity index (χ0) is 22.9. The van der Waals surface area contributed by atoms with Gasteiger partial charge in [0.1, 0.15) is 4.32 Å². The molecule has 0 unspecified atom stereocenters. The van der Waals surface area contributed by atoms with E-state index in [9.17, 15) is 14.4 Å². The van der Waals surface area contributed by atoms with Crippen LogP contribution in [0.1, 0.15) is 35.7 Å². The van der Waals surface area contributed by atoms with Gasteiger partial charge in [-0.1, -0.05) is 60.4 Å². The van der Waals surface area contributed by atoms with Gasteiger partial charge in [-0.3, -0.25) is 35.1 Å². The second kappa shape index (κ2) is 11.4. The summed E-state index contributed by atoms with van der Waals surface area (Å²) in [6.07, 6.45) is 7.33. The molecule has 7 nitrogen and oxygen atoms in total. The molecule has 1 saturated heterocycles. The summed E-state index contributed by atoms with van der Waals surface area (Å²) in [4.78, 5) is 42.5. The summed E-state index contributed by atoms with van der Waals surface area (Å²) in [7, 11) is 0. The van der Waals surface area contributed by atoms with Gasteiger partial charge in [0.2, 0.25) is 5.91 Å². The fourth-order valence-corrected chi connectivity index (χ4v) is 4.27. The van der Waals surface area contributed by atoms with Crippen LogP contribution in [0.2, 0.25) is 0 Å². The first kappa shape index (κ1) is 23.4. The average Bonchev–Trinajstić information content (AvgIpc) is 3.05. The van der Waals surface area contributed by atoms with Crippen molar-refractivity contribution >= 4 is 52.1 Å². The molecule has 1 fully saturated rings. The summed E-state index contributed by atoms with van der Waals surface area (Å²) >= 11 is 6.60. The third kappa shape index (κ3) is 6.60. The molecule has 0 spiro atoms. The van der Waals surface area contributed by atoms with Crippen molar-refractivity contribution in [2.45, 2.75) is 19.8 Å². The van der Waals surface area contributed by atoms with Gasteiger partial charge in [0.25, 0.3) is 11.8 Å². The molecule has 2 aromatic rings. The predicted octanol–water partition coefficient (Wildman–Crippen LogP) is 3.47. The molecule has 1 aliphatic rings. The number of nitrogens with one attached hydrogen (secondary N) is 2. The third-order valence-corrected chi connectivity index (χ3v) is 5.83. The lowest BCUT2D eigenvalue weighted by molar-refractivity contribution is -0.124. The summed E-state index contributed by atoms with van der Waals surface area (Å²) in [5.41, 5.74) is 7.04. The van der Waals surface area contributed by atoms with Gasteiger partial charge in [-0.25, -0.2) is 0 Å². The molecule has 2 N–H and O–H groups in total. The van der Waals surface area contributed by atoms with Crippen LogP contribution >= 0.6 is 24.0 Å². The molecule has 0 saturated carbocycles. The molecule has 0 aliphatic carbocycles. The maximum atomic E-state index is 12.7. The summed E-state index contributed by atoms with van der Waals surface area (Å²) in [5.74, 6) is -0.969. The molecular weight excluding hydrogens is 444 g/mol. The largest absolute Gasteiger partial charge is 0.293 e. The number of thioether (sulfide) groups is 1. The Kier molecular flexibility index (Phi) is 8.29. The number of aromatic nitrogens is 1. The van der Waals surface area contributed by atoms with Crippen LogP contribution in [0.5, 0.6) is 0 Å². The molecule has 164 valence electrons. The Morgan fingerprint density at radius 2 is 1.94 bits per heavy atom. The smallest absolute Gasteiger partial charge is 0.271 e. The van der Waals surface area contributed by atoms with Crippen molar-refractivity contribution < 1.29 is 14.4 Å². The summed E-state index contributed by atoms with van der Waals surface area (Å²) in [6.45, 7) is 2.26. The van der Waals surface area contributed by atoms with Gasteiger partial charge < -0.3 is 0 Å². The number of carbonyl (C=O) groups is 3. The maximum absolute atomic E-state index is 12.7. The highest BCUT2D eigenvalue weighted by molar-refractivity contribution is 8.26. The summed E-state index contributed by atoms with van der Waals surface area (Å²) < 4.78 is 0.471. The predicted molar refractivity (Wildman–Crippen MR) is 129 cm³/mol. The average molecular weight is 467 g/mol. The van der Waals surface area contributed by atoms with Crippen molar-refractivity contribution in [2.24, 2.45) is 0 Å². The van der Waals surface area contributed by atoms with E-state index in [0.29, 0.717) is 27.8 Å². The Morgan fingerprint density at radius 1 is 1.16 bits per heavy atom. The lowest BCUT2D eigenvalue weighted by atomic mass is 10.1. The zero-order valence-electron chi connectivity index (χ0n) is 17.4. The van der Waals surface area contributed by atoms with Crippen molar-refractivity contribution in [2.75, 3.05) is 6.54 Å². The van der Waals surface area contributed by atoms with E-state index in [4.69, 9.17) is 12.2 Å². The molecule has 32 heavy (non-hydrogen) atoms. The van der Waals surface area contributed by atoms with Crippen molar-refractivity contribution in [1.82, 2.24) is 20.7 Å². The minimum Gasteiger partial charge on any atom is -0.293 e. The molecule has 0 bridgehead atoms. The Labute approximate surface area is 195 Å². The lowest BCUT2D eigenvalue weighted by Gasteiger charge is -2.14. The second-order valence-corrected chi connectivity index (χ2v) is 8.66. The number of allylic oxidation sites excluding steroid dienone is 2. The van der Waals surface area contributed by atoms with Crippen molar-refractivity contribution in [3.63, 3.8) is 0 Å². The van der Waals surface area contributed by atoms with Gasteiger partial charge in [-0.15, -0.1) is 0 Å². The lowest BCUT2D eigenvalue weighted by Crippen LogP contribution is -2.42. The molecule has 0 radical (unpaired) electrons. The molecule has 1 aromatic heterocycles. The monoisotopic (exact) mass is 466 g/mol. The van der Waals surface area contributed by atoms with Crippen LogP contribution in [0.4, 0.5) is 0 Å². The van der Waals surface area contributed by atoms with Gasteiger partial charge in [0.05, 0.1) is 10.5 Å². The van der Waals surface area contributed by atoms with E-state index in [1.807, 2.05) is 49.4 Å². The van der Waals surface area contributed by atoms with Crippen LogP contribution in [0.3, 0.4) is 0 Å². The molecule has 1 aromatic carbocycles. The Morgan fingerprint density at radius 3 is 2.66 bits per heavy atom. The number of rotatable bonds is 7. The number of amides is 3. The number of pyridine rings is 1. The zero-order valence-corrected chi connectivity index (χ0v) is 19.0. The fraction of sp³-hybridized carbons (Fsp3) is 0.174. The van der Waals surface area contributed by atoms with Crippen LogP contribution < -0.4 is 10.9 Å². The van der Waals surface area contributed by atoms with Gasteiger partial charge >= 0.3 is 0 Å². The number of carbonyl (C=O) groups excluding carboxylic acids is 3. The van der Waals surface area contributed by atoms with Crippen LogP contribution in [-0.4, -0.2) is 38.5 Å². The van der Waals surface area contributed by atoms with E-state index in [1.54, 1.807) is 18.3 Å². The molecule has 0 atom stereocenters. The number of benzene rings is 1. The molecule has 2 heterocycles. The first-order chi connectivity index (χ1) is 15.4. The van der Waals surface area contributed by atoms with Crippen molar-refractivity contribution in [3.05, 3.63) is 82.5 Å². The number of hydrogen-bond donors (Lipinski definition) is 2. The second-order valence-electron chi connectivity index (χ2n) is 6.98. The van der Waals surface area contributed by atoms with E-state index in [0.717, 1.165) is 11.1 Å². The van der Waals surface area contributed by atoms with Crippen molar-refractivity contribution in [3.8, 4) is 0 Å². The Bertz CT molecular complexity index is 1070. The van der Waals surface area contributed by atoms with Crippen LogP contribution in [0, 0.1) is 0 Å². The Balaban J connectivity index is 1.46. The molecule has 1 aliphatic heterocycles. The number of hydrazine groups is 1. The highest BCUT2D eigenvalue weighted by Crippen LogP contribution is 2.32.